The Morgan fingerprint density at radius 1 is 1.17 bits per heavy atom. The number of carbonyl (C=O) groups excluding carboxylic acids is 1. The molecule has 23 heavy (non-hydrogen) atoms. The minimum Gasteiger partial charge on any atom is -0.497 e. The molecule has 0 aliphatic carbocycles. The Kier molecular flexibility index (Phi) is 5.60. The van der Waals surface area contributed by atoms with E-state index in [0.717, 1.165) is 0 Å². The molecule has 0 radical (unpaired) electrons. The van der Waals surface area contributed by atoms with Crippen LogP contribution in [0.5, 0.6) is 11.5 Å². The average Bonchev–Trinajstić information content (AvgIpc) is 2.55. The van der Waals surface area contributed by atoms with Crippen LogP contribution >= 0.6 is 11.6 Å². The van der Waals surface area contributed by atoms with Crippen LogP contribution in [0.1, 0.15) is 5.56 Å². The zero-order valence-electron chi connectivity index (χ0n) is 12.6. The number of methoxy groups -OCH3 is 2. The van der Waals surface area contributed by atoms with Crippen molar-refractivity contribution in [3.63, 3.8) is 0 Å². The van der Waals surface area contributed by atoms with Crippen LogP contribution in [-0.4, -0.2) is 20.1 Å². The maximum Gasteiger partial charge on any atom is 0.248 e. The van der Waals surface area contributed by atoms with E-state index in [9.17, 15) is 9.18 Å². The second kappa shape index (κ2) is 7.65. The van der Waals surface area contributed by atoms with Crippen LogP contribution in [0.2, 0.25) is 5.02 Å². The smallest absolute Gasteiger partial charge is 0.248 e. The van der Waals surface area contributed by atoms with Crippen molar-refractivity contribution in [1.82, 2.24) is 0 Å². The van der Waals surface area contributed by atoms with Gasteiger partial charge in [-0.05, 0) is 35.9 Å². The van der Waals surface area contributed by atoms with Crippen molar-refractivity contribution in [1.29, 1.82) is 0 Å². The fourth-order valence-corrected chi connectivity index (χ4v) is 2.02. The van der Waals surface area contributed by atoms with Crippen LogP contribution < -0.4 is 14.8 Å². The van der Waals surface area contributed by atoms with Crippen LogP contribution in [0.15, 0.2) is 42.5 Å². The van der Waals surface area contributed by atoms with Crippen molar-refractivity contribution < 1.29 is 18.7 Å². The molecule has 0 aromatic heterocycles. The standard InChI is InChI=1S/C17H15ClFNO3/c1-22-12-5-6-13(18)15(10-12)20-17(21)8-4-11-3-7-16(23-2)14(19)9-11/h3-10H,1-2H3,(H,20,21). The third-order valence-corrected chi connectivity index (χ3v) is 3.36. The van der Waals surface area contributed by atoms with Gasteiger partial charge in [0.25, 0.3) is 0 Å². The van der Waals surface area contributed by atoms with Crippen LogP contribution in [0.4, 0.5) is 10.1 Å². The lowest BCUT2D eigenvalue weighted by Gasteiger charge is -2.07. The Bertz CT molecular complexity index is 747. The number of halogens is 2. The number of benzene rings is 2. The minimum atomic E-state index is -0.495. The number of amides is 1. The average molecular weight is 336 g/mol. The summed E-state index contributed by atoms with van der Waals surface area (Å²) in [5, 5.41) is 3.03. The molecule has 1 N–H and O–H groups in total. The van der Waals surface area contributed by atoms with Crippen LogP contribution in [0.25, 0.3) is 6.08 Å². The predicted molar refractivity (Wildman–Crippen MR) is 88.6 cm³/mol. The number of ether oxygens (including phenoxy) is 2. The van der Waals surface area contributed by atoms with E-state index in [1.807, 2.05) is 0 Å². The highest BCUT2D eigenvalue weighted by atomic mass is 35.5. The summed E-state index contributed by atoms with van der Waals surface area (Å²) >= 11 is 6.01. The summed E-state index contributed by atoms with van der Waals surface area (Å²) in [4.78, 5) is 11.9. The zero-order chi connectivity index (χ0) is 16.8. The maximum absolute atomic E-state index is 13.6. The lowest BCUT2D eigenvalue weighted by molar-refractivity contribution is -0.111. The van der Waals surface area contributed by atoms with Gasteiger partial charge in [-0.2, -0.15) is 0 Å². The molecule has 0 saturated carbocycles. The second-order valence-corrected chi connectivity index (χ2v) is 4.97. The molecular weight excluding hydrogens is 321 g/mol. The van der Waals surface area contributed by atoms with Gasteiger partial charge >= 0.3 is 0 Å². The van der Waals surface area contributed by atoms with Crippen LogP contribution in [0, 0.1) is 5.82 Å². The molecular formula is C17H15ClFNO3. The summed E-state index contributed by atoms with van der Waals surface area (Å²) in [6.45, 7) is 0. The zero-order valence-corrected chi connectivity index (χ0v) is 13.4. The molecule has 2 aromatic carbocycles. The SMILES string of the molecule is COc1ccc(Cl)c(NC(=O)C=Cc2ccc(OC)c(F)c2)c1. The van der Waals surface area contributed by atoms with Gasteiger partial charge in [-0.1, -0.05) is 17.7 Å². The Labute approximate surface area is 138 Å². The highest BCUT2D eigenvalue weighted by Crippen LogP contribution is 2.26. The summed E-state index contributed by atoms with van der Waals surface area (Å²) in [5.74, 6) is -0.164. The third kappa shape index (κ3) is 4.47. The summed E-state index contributed by atoms with van der Waals surface area (Å²) in [6, 6.07) is 9.34. The van der Waals surface area contributed by atoms with Crippen molar-refractivity contribution in [2.45, 2.75) is 0 Å². The second-order valence-electron chi connectivity index (χ2n) is 4.56. The first-order valence-electron chi connectivity index (χ1n) is 6.69. The molecule has 0 aliphatic heterocycles. The highest BCUT2D eigenvalue weighted by molar-refractivity contribution is 6.33. The van der Waals surface area contributed by atoms with Gasteiger partial charge in [-0.3, -0.25) is 4.79 Å². The number of nitrogens with one attached hydrogen (secondary N) is 1. The molecule has 0 aliphatic rings. The topological polar surface area (TPSA) is 47.6 Å². The first-order valence-corrected chi connectivity index (χ1v) is 7.07. The number of anilines is 1. The first-order chi connectivity index (χ1) is 11.0. The Morgan fingerprint density at radius 2 is 1.96 bits per heavy atom. The number of hydrogen-bond donors (Lipinski definition) is 1. The molecule has 2 aromatic rings. The van der Waals surface area contributed by atoms with Crippen LogP contribution in [-0.2, 0) is 4.79 Å². The molecule has 0 bridgehead atoms. The molecule has 0 spiro atoms. The first kappa shape index (κ1) is 16.8. The maximum atomic E-state index is 13.6. The molecule has 0 saturated heterocycles. The van der Waals surface area contributed by atoms with Gasteiger partial charge in [0.2, 0.25) is 5.91 Å². The fraction of sp³-hybridized carbons (Fsp3) is 0.118. The lowest BCUT2D eigenvalue weighted by Crippen LogP contribution is -2.08. The Morgan fingerprint density at radius 3 is 2.61 bits per heavy atom. The molecule has 0 atom stereocenters. The van der Waals surface area contributed by atoms with E-state index in [1.165, 1.54) is 38.5 Å². The van der Waals surface area contributed by atoms with Gasteiger partial charge in [0.15, 0.2) is 11.6 Å². The van der Waals surface area contributed by atoms with E-state index in [4.69, 9.17) is 21.1 Å². The van der Waals surface area contributed by atoms with Gasteiger partial charge in [0.1, 0.15) is 5.75 Å². The van der Waals surface area contributed by atoms with Gasteiger partial charge in [-0.15, -0.1) is 0 Å². The summed E-state index contributed by atoms with van der Waals surface area (Å²) in [7, 11) is 2.91. The highest BCUT2D eigenvalue weighted by Gasteiger charge is 2.06. The monoisotopic (exact) mass is 335 g/mol. The largest absolute Gasteiger partial charge is 0.497 e. The molecule has 0 heterocycles. The number of carbonyl (C=O) groups is 1. The molecule has 0 unspecified atom stereocenters. The van der Waals surface area contributed by atoms with Gasteiger partial charge in [-0.25, -0.2) is 4.39 Å². The van der Waals surface area contributed by atoms with Gasteiger partial charge in [0.05, 0.1) is 24.9 Å². The fourth-order valence-electron chi connectivity index (χ4n) is 1.86. The molecule has 0 fully saturated rings. The third-order valence-electron chi connectivity index (χ3n) is 3.03. The van der Waals surface area contributed by atoms with E-state index in [1.54, 1.807) is 24.3 Å². The van der Waals surface area contributed by atoms with E-state index in [-0.39, 0.29) is 5.75 Å². The summed E-state index contributed by atoms with van der Waals surface area (Å²) in [6.07, 6.45) is 2.78. The van der Waals surface area contributed by atoms with Crippen molar-refractivity contribution in [3.8, 4) is 11.5 Å². The normalized spacial score (nSPS) is 10.6. The minimum absolute atomic E-state index is 0.148. The number of rotatable bonds is 5. The van der Waals surface area contributed by atoms with Gasteiger partial charge in [0, 0.05) is 12.1 Å². The van der Waals surface area contributed by atoms with Crippen LogP contribution in [0.3, 0.4) is 0 Å². The van der Waals surface area contributed by atoms with Crippen molar-refractivity contribution in [2.75, 3.05) is 19.5 Å². The molecule has 4 nitrogen and oxygen atoms in total. The van der Waals surface area contributed by atoms with E-state index in [2.05, 4.69) is 5.32 Å². The van der Waals surface area contributed by atoms with Crippen molar-refractivity contribution in [3.05, 3.63) is 58.9 Å². The lowest BCUT2D eigenvalue weighted by atomic mass is 10.2. The Hall–Kier alpha value is -2.53. The number of hydrogen-bond acceptors (Lipinski definition) is 3. The quantitative estimate of drug-likeness (QED) is 0.835. The molecule has 1 amide bonds. The molecule has 6 heteroatoms. The van der Waals surface area contributed by atoms with E-state index < -0.39 is 11.7 Å². The molecule has 120 valence electrons. The van der Waals surface area contributed by atoms with Gasteiger partial charge < -0.3 is 14.8 Å². The Balaban J connectivity index is 2.08. The summed E-state index contributed by atoms with van der Waals surface area (Å²) < 4.78 is 23.5. The van der Waals surface area contributed by atoms with Crippen molar-refractivity contribution in [2.24, 2.45) is 0 Å². The summed E-state index contributed by atoms with van der Waals surface area (Å²) in [5.41, 5.74) is 0.969. The van der Waals surface area contributed by atoms with E-state index in [0.29, 0.717) is 22.0 Å². The predicted octanol–water partition coefficient (Wildman–Crippen LogP) is 4.15. The molecule has 2 rings (SSSR count). The van der Waals surface area contributed by atoms with E-state index >= 15 is 0 Å². The van der Waals surface area contributed by atoms with Crippen molar-refractivity contribution >= 4 is 29.3 Å².